The van der Waals surface area contributed by atoms with Crippen molar-refractivity contribution in [1.29, 1.82) is 0 Å². The van der Waals surface area contributed by atoms with E-state index in [1.54, 1.807) is 7.11 Å². The van der Waals surface area contributed by atoms with Crippen LogP contribution in [0.25, 0.3) is 22.3 Å². The number of nitrogens with zero attached hydrogens (tertiary/aromatic N) is 1. The smallest absolute Gasteiger partial charge is 0.122 e. The standard InChI is InChI=1S/C31H23BrClNO/c1-35-28-20-25(33)19-27(21-28)34(26-15-8-14-24(32)18-26)31-29(22-10-4-2-5-11-22)16-9-17-30(31)23-12-6-3-7-13-23/h2-21H,1H3. The molecule has 0 aliphatic rings. The molecule has 172 valence electrons. The van der Waals surface area contributed by atoms with Gasteiger partial charge in [-0.3, -0.25) is 0 Å². The first-order valence-electron chi connectivity index (χ1n) is 11.3. The number of methoxy groups -OCH3 is 1. The van der Waals surface area contributed by atoms with Crippen molar-refractivity contribution in [1.82, 2.24) is 0 Å². The van der Waals surface area contributed by atoms with Gasteiger partial charge >= 0.3 is 0 Å². The van der Waals surface area contributed by atoms with Crippen LogP contribution in [0.3, 0.4) is 0 Å². The molecule has 0 saturated heterocycles. The van der Waals surface area contributed by atoms with Crippen LogP contribution in [0.2, 0.25) is 5.02 Å². The molecule has 2 nitrogen and oxygen atoms in total. The first kappa shape index (κ1) is 23.2. The molecular weight excluding hydrogens is 518 g/mol. The van der Waals surface area contributed by atoms with E-state index < -0.39 is 0 Å². The van der Waals surface area contributed by atoms with E-state index in [9.17, 15) is 0 Å². The van der Waals surface area contributed by atoms with Crippen molar-refractivity contribution in [3.05, 3.63) is 131 Å². The van der Waals surface area contributed by atoms with Gasteiger partial charge in [-0.25, -0.2) is 0 Å². The Morgan fingerprint density at radius 1 is 0.629 bits per heavy atom. The van der Waals surface area contributed by atoms with Crippen molar-refractivity contribution in [3.8, 4) is 28.0 Å². The fourth-order valence-electron chi connectivity index (χ4n) is 4.30. The van der Waals surface area contributed by atoms with Crippen LogP contribution in [0.4, 0.5) is 17.1 Å². The Morgan fingerprint density at radius 3 is 1.80 bits per heavy atom. The summed E-state index contributed by atoms with van der Waals surface area (Å²) in [6.45, 7) is 0. The summed E-state index contributed by atoms with van der Waals surface area (Å²) in [5.74, 6) is 0.700. The first-order chi connectivity index (χ1) is 17.1. The maximum absolute atomic E-state index is 6.58. The summed E-state index contributed by atoms with van der Waals surface area (Å²) >= 11 is 10.2. The van der Waals surface area contributed by atoms with Crippen LogP contribution >= 0.6 is 27.5 Å². The monoisotopic (exact) mass is 539 g/mol. The molecule has 4 heteroatoms. The zero-order valence-electron chi connectivity index (χ0n) is 19.2. The fraction of sp³-hybridized carbons (Fsp3) is 0.0323. The summed E-state index contributed by atoms with van der Waals surface area (Å²) in [6, 6.07) is 41.5. The van der Waals surface area contributed by atoms with Gasteiger partial charge in [0.05, 0.1) is 18.5 Å². The average molecular weight is 541 g/mol. The first-order valence-corrected chi connectivity index (χ1v) is 12.5. The maximum atomic E-state index is 6.58. The zero-order chi connectivity index (χ0) is 24.2. The highest BCUT2D eigenvalue weighted by Gasteiger charge is 2.22. The van der Waals surface area contributed by atoms with Crippen LogP contribution in [0.15, 0.2) is 126 Å². The molecule has 0 aliphatic carbocycles. The second-order valence-electron chi connectivity index (χ2n) is 8.10. The number of hydrogen-bond acceptors (Lipinski definition) is 2. The fourth-order valence-corrected chi connectivity index (χ4v) is 4.91. The number of rotatable bonds is 6. The van der Waals surface area contributed by atoms with Gasteiger partial charge in [-0.1, -0.05) is 112 Å². The minimum absolute atomic E-state index is 0.609. The van der Waals surface area contributed by atoms with Crippen LogP contribution in [0.1, 0.15) is 0 Å². The lowest BCUT2D eigenvalue weighted by Crippen LogP contribution is -2.13. The zero-order valence-corrected chi connectivity index (χ0v) is 21.5. The molecule has 0 bridgehead atoms. The van der Waals surface area contributed by atoms with Gasteiger partial charge in [-0.2, -0.15) is 0 Å². The Bertz CT molecular complexity index is 1400. The quantitative estimate of drug-likeness (QED) is 0.212. The Kier molecular flexibility index (Phi) is 6.89. The predicted octanol–water partition coefficient (Wildman–Crippen LogP) is 9.91. The summed E-state index contributed by atoms with van der Waals surface area (Å²) in [5, 5.41) is 0.609. The van der Waals surface area contributed by atoms with Gasteiger partial charge in [-0.05, 0) is 41.5 Å². The van der Waals surface area contributed by atoms with Crippen molar-refractivity contribution in [2.45, 2.75) is 0 Å². The van der Waals surface area contributed by atoms with Gasteiger partial charge in [0.1, 0.15) is 5.75 Å². The lowest BCUT2D eigenvalue weighted by molar-refractivity contribution is 0.415. The molecule has 0 aromatic heterocycles. The van der Waals surface area contributed by atoms with Crippen molar-refractivity contribution in [2.75, 3.05) is 12.0 Å². The topological polar surface area (TPSA) is 12.5 Å². The molecular formula is C31H23BrClNO. The third-order valence-electron chi connectivity index (χ3n) is 5.85. The van der Waals surface area contributed by atoms with Crippen LogP contribution in [0, 0.1) is 0 Å². The van der Waals surface area contributed by atoms with Gasteiger partial charge in [0.2, 0.25) is 0 Å². The Labute approximate surface area is 219 Å². The van der Waals surface area contributed by atoms with Gasteiger partial charge in [0, 0.05) is 32.4 Å². The molecule has 0 amide bonds. The lowest BCUT2D eigenvalue weighted by atomic mass is 9.94. The molecule has 5 aromatic rings. The Hall–Kier alpha value is -3.53. The van der Waals surface area contributed by atoms with Crippen molar-refractivity contribution >= 4 is 44.6 Å². The van der Waals surface area contributed by atoms with E-state index in [4.69, 9.17) is 16.3 Å². The lowest BCUT2D eigenvalue weighted by Gasteiger charge is -2.31. The van der Waals surface area contributed by atoms with Gasteiger partial charge in [0.25, 0.3) is 0 Å². The van der Waals surface area contributed by atoms with E-state index in [0.717, 1.165) is 43.8 Å². The van der Waals surface area contributed by atoms with Crippen molar-refractivity contribution in [3.63, 3.8) is 0 Å². The molecule has 0 fully saturated rings. The number of benzene rings is 5. The summed E-state index contributed by atoms with van der Waals surface area (Å²) in [5.41, 5.74) is 7.48. The molecule has 0 atom stereocenters. The Balaban J connectivity index is 1.88. The van der Waals surface area contributed by atoms with Gasteiger partial charge in [0.15, 0.2) is 0 Å². The highest BCUT2D eigenvalue weighted by atomic mass is 79.9. The van der Waals surface area contributed by atoms with Crippen LogP contribution in [0.5, 0.6) is 5.75 Å². The minimum atomic E-state index is 0.609. The number of halogens is 2. The molecule has 0 radical (unpaired) electrons. The molecule has 0 unspecified atom stereocenters. The van der Waals surface area contributed by atoms with Crippen LogP contribution in [-0.4, -0.2) is 7.11 Å². The highest BCUT2D eigenvalue weighted by Crippen LogP contribution is 2.47. The molecule has 35 heavy (non-hydrogen) atoms. The SMILES string of the molecule is COc1cc(Cl)cc(N(c2cccc(Br)c2)c2c(-c3ccccc3)cccc2-c2ccccc2)c1. The molecule has 0 saturated carbocycles. The average Bonchev–Trinajstić information content (AvgIpc) is 2.90. The summed E-state index contributed by atoms with van der Waals surface area (Å²) < 4.78 is 6.58. The number of para-hydroxylation sites is 1. The van der Waals surface area contributed by atoms with Crippen molar-refractivity contribution < 1.29 is 4.74 Å². The van der Waals surface area contributed by atoms with E-state index in [2.05, 4.69) is 99.7 Å². The molecule has 5 aromatic carbocycles. The molecule has 0 spiro atoms. The Morgan fingerprint density at radius 2 is 1.23 bits per heavy atom. The third kappa shape index (κ3) is 4.97. The van der Waals surface area contributed by atoms with Crippen molar-refractivity contribution in [2.24, 2.45) is 0 Å². The van der Waals surface area contributed by atoms with E-state index in [1.165, 1.54) is 0 Å². The maximum Gasteiger partial charge on any atom is 0.122 e. The normalized spacial score (nSPS) is 10.7. The predicted molar refractivity (Wildman–Crippen MR) is 151 cm³/mol. The summed E-state index contributed by atoms with van der Waals surface area (Å²) in [4.78, 5) is 2.25. The molecule has 5 rings (SSSR count). The summed E-state index contributed by atoms with van der Waals surface area (Å²) in [6.07, 6.45) is 0. The van der Waals surface area contributed by atoms with E-state index in [-0.39, 0.29) is 0 Å². The summed E-state index contributed by atoms with van der Waals surface area (Å²) in [7, 11) is 1.66. The van der Waals surface area contributed by atoms with E-state index in [1.807, 2.05) is 42.5 Å². The second-order valence-corrected chi connectivity index (χ2v) is 9.45. The second kappa shape index (κ2) is 10.4. The molecule has 0 aliphatic heterocycles. The number of ether oxygens (including phenoxy) is 1. The van der Waals surface area contributed by atoms with Crippen LogP contribution in [-0.2, 0) is 0 Å². The number of anilines is 3. The van der Waals surface area contributed by atoms with Gasteiger partial charge < -0.3 is 9.64 Å². The molecule has 0 N–H and O–H groups in total. The van der Waals surface area contributed by atoms with Crippen LogP contribution < -0.4 is 9.64 Å². The van der Waals surface area contributed by atoms with Gasteiger partial charge in [-0.15, -0.1) is 0 Å². The number of hydrogen-bond donors (Lipinski definition) is 0. The molecule has 0 heterocycles. The van der Waals surface area contributed by atoms with E-state index >= 15 is 0 Å². The minimum Gasteiger partial charge on any atom is -0.497 e. The third-order valence-corrected chi connectivity index (χ3v) is 6.56. The highest BCUT2D eigenvalue weighted by molar-refractivity contribution is 9.10. The van der Waals surface area contributed by atoms with E-state index in [0.29, 0.717) is 10.8 Å². The largest absolute Gasteiger partial charge is 0.497 e.